The second-order valence-corrected chi connectivity index (χ2v) is 5.84. The number of nitrogens with zero attached hydrogens (tertiary/aromatic N) is 2. The van der Waals surface area contributed by atoms with Crippen molar-refractivity contribution in [2.75, 3.05) is 21.3 Å². The van der Waals surface area contributed by atoms with Crippen LogP contribution in [0.5, 0.6) is 17.2 Å². The summed E-state index contributed by atoms with van der Waals surface area (Å²) >= 11 is 1.50. The number of hydrogen-bond acceptors (Lipinski definition) is 6. The molecule has 0 aliphatic rings. The van der Waals surface area contributed by atoms with Crippen molar-refractivity contribution in [1.82, 2.24) is 0 Å². The Balaban J connectivity index is 2.46. The van der Waals surface area contributed by atoms with E-state index in [2.05, 4.69) is 10.2 Å². The van der Waals surface area contributed by atoms with Crippen molar-refractivity contribution < 1.29 is 14.2 Å². The van der Waals surface area contributed by atoms with E-state index in [1.54, 1.807) is 27.5 Å². The number of methoxy groups -OCH3 is 3. The summed E-state index contributed by atoms with van der Waals surface area (Å²) in [6.07, 6.45) is 1.55. The summed E-state index contributed by atoms with van der Waals surface area (Å²) in [6, 6.07) is 11.3. The number of ether oxygens (including phenoxy) is 3. The topological polar surface area (TPSA) is 104 Å². The summed E-state index contributed by atoms with van der Waals surface area (Å²) in [6.45, 7) is 0. The molecule has 25 heavy (non-hydrogen) atoms. The first-order chi connectivity index (χ1) is 12.1. The van der Waals surface area contributed by atoms with Gasteiger partial charge in [-0.2, -0.15) is 5.10 Å². The molecular weight excluding hydrogens is 340 g/mol. The van der Waals surface area contributed by atoms with Gasteiger partial charge in [-0.25, -0.2) is 0 Å². The number of benzene rings is 2. The molecule has 0 atom stereocenters. The summed E-state index contributed by atoms with van der Waals surface area (Å²) in [5.74, 6) is 2.01. The molecule has 0 spiro atoms. The fourth-order valence-corrected chi connectivity index (χ4v) is 3.13. The minimum Gasteiger partial charge on any atom is -0.497 e. The van der Waals surface area contributed by atoms with Gasteiger partial charge in [0.05, 0.1) is 38.0 Å². The third-order valence-corrected chi connectivity index (χ3v) is 4.31. The highest BCUT2D eigenvalue weighted by atomic mass is 32.2. The highest BCUT2D eigenvalue weighted by Crippen LogP contribution is 2.40. The maximum atomic E-state index is 5.43. The van der Waals surface area contributed by atoms with Crippen LogP contribution < -0.4 is 25.7 Å². The van der Waals surface area contributed by atoms with Crippen molar-refractivity contribution in [1.29, 1.82) is 0 Å². The zero-order chi connectivity index (χ0) is 18.2. The normalized spacial score (nSPS) is 10.5. The van der Waals surface area contributed by atoms with Crippen LogP contribution in [-0.2, 0) is 0 Å². The third kappa shape index (κ3) is 4.80. The summed E-state index contributed by atoms with van der Waals surface area (Å²) in [5.41, 5.74) is 11.4. The minimum atomic E-state index is -0.116. The van der Waals surface area contributed by atoms with E-state index in [9.17, 15) is 0 Å². The van der Waals surface area contributed by atoms with Gasteiger partial charge in [0.25, 0.3) is 0 Å². The Morgan fingerprint density at radius 3 is 2.36 bits per heavy atom. The van der Waals surface area contributed by atoms with Crippen molar-refractivity contribution in [2.45, 2.75) is 9.79 Å². The Morgan fingerprint density at radius 1 is 0.960 bits per heavy atom. The largest absolute Gasteiger partial charge is 0.497 e. The van der Waals surface area contributed by atoms with Crippen LogP contribution >= 0.6 is 11.8 Å². The van der Waals surface area contributed by atoms with Crippen LogP contribution in [0.25, 0.3) is 0 Å². The van der Waals surface area contributed by atoms with Gasteiger partial charge in [0.1, 0.15) is 17.2 Å². The fourth-order valence-electron chi connectivity index (χ4n) is 2.05. The molecule has 8 heteroatoms. The zero-order valence-corrected chi connectivity index (χ0v) is 15.0. The molecule has 0 saturated carbocycles. The molecule has 2 aromatic rings. The first kappa shape index (κ1) is 18.5. The maximum absolute atomic E-state index is 5.43. The number of guanidine groups is 1. The molecule has 0 heterocycles. The van der Waals surface area contributed by atoms with Crippen molar-refractivity contribution in [3.63, 3.8) is 0 Å². The average Bonchev–Trinajstić information content (AvgIpc) is 2.62. The van der Waals surface area contributed by atoms with E-state index in [0.29, 0.717) is 5.75 Å². The van der Waals surface area contributed by atoms with Gasteiger partial charge >= 0.3 is 0 Å². The first-order valence-electron chi connectivity index (χ1n) is 7.28. The van der Waals surface area contributed by atoms with Gasteiger partial charge in [0, 0.05) is 4.90 Å². The van der Waals surface area contributed by atoms with Crippen LogP contribution in [0.2, 0.25) is 0 Å². The summed E-state index contributed by atoms with van der Waals surface area (Å²) in [5, 5.41) is 7.53. The van der Waals surface area contributed by atoms with Crippen LogP contribution in [0.4, 0.5) is 0 Å². The monoisotopic (exact) mass is 360 g/mol. The second kappa shape index (κ2) is 8.84. The first-order valence-corrected chi connectivity index (χ1v) is 8.09. The van der Waals surface area contributed by atoms with Gasteiger partial charge in [-0.3, -0.25) is 0 Å². The van der Waals surface area contributed by atoms with E-state index in [1.165, 1.54) is 11.8 Å². The molecule has 0 saturated heterocycles. The van der Waals surface area contributed by atoms with Crippen LogP contribution in [0.3, 0.4) is 0 Å². The standard InChI is InChI=1S/C17H20N4O3S/c1-22-11-7-8-14(24-3)16(9-11)25-15-6-4-5-13(23-2)12(15)10-20-21-17(18)19/h4-10H,1-3H3,(H4,18,19,21)/b20-10+. The van der Waals surface area contributed by atoms with Crippen molar-refractivity contribution in [3.05, 3.63) is 42.0 Å². The van der Waals surface area contributed by atoms with Crippen LogP contribution in [0.1, 0.15) is 5.56 Å². The molecule has 0 fully saturated rings. The number of rotatable bonds is 7. The molecule has 0 bridgehead atoms. The number of hydrogen-bond donors (Lipinski definition) is 2. The van der Waals surface area contributed by atoms with Crippen molar-refractivity contribution in [2.24, 2.45) is 21.7 Å². The molecule has 0 amide bonds. The Morgan fingerprint density at radius 2 is 1.72 bits per heavy atom. The van der Waals surface area contributed by atoms with Crippen LogP contribution in [0, 0.1) is 0 Å². The van der Waals surface area contributed by atoms with Crippen molar-refractivity contribution >= 4 is 23.9 Å². The lowest BCUT2D eigenvalue weighted by atomic mass is 10.2. The molecule has 2 rings (SSSR count). The van der Waals surface area contributed by atoms with E-state index >= 15 is 0 Å². The van der Waals surface area contributed by atoms with Gasteiger partial charge in [0.15, 0.2) is 0 Å². The molecular formula is C17H20N4O3S. The lowest BCUT2D eigenvalue weighted by Gasteiger charge is -2.13. The molecule has 2 aromatic carbocycles. The average molecular weight is 360 g/mol. The smallest absolute Gasteiger partial charge is 0.211 e. The lowest BCUT2D eigenvalue weighted by molar-refractivity contribution is 0.394. The molecule has 132 valence electrons. The highest BCUT2D eigenvalue weighted by molar-refractivity contribution is 7.99. The van der Waals surface area contributed by atoms with E-state index in [0.717, 1.165) is 26.9 Å². The molecule has 0 aliphatic heterocycles. The third-order valence-electron chi connectivity index (χ3n) is 3.20. The zero-order valence-electron chi connectivity index (χ0n) is 14.2. The van der Waals surface area contributed by atoms with Crippen LogP contribution in [0.15, 0.2) is 56.4 Å². The molecule has 0 aliphatic carbocycles. The van der Waals surface area contributed by atoms with Gasteiger partial charge in [-0.1, -0.05) is 17.8 Å². The summed E-state index contributed by atoms with van der Waals surface area (Å²) < 4.78 is 16.1. The van der Waals surface area contributed by atoms with Gasteiger partial charge in [-0.15, -0.1) is 5.10 Å². The van der Waals surface area contributed by atoms with E-state index < -0.39 is 0 Å². The maximum Gasteiger partial charge on any atom is 0.211 e. The summed E-state index contributed by atoms with van der Waals surface area (Å²) in [4.78, 5) is 1.80. The Labute approximate surface area is 150 Å². The van der Waals surface area contributed by atoms with E-state index in [1.807, 2.05) is 36.4 Å². The molecule has 0 unspecified atom stereocenters. The summed E-state index contributed by atoms with van der Waals surface area (Å²) in [7, 11) is 4.83. The molecule has 0 aromatic heterocycles. The van der Waals surface area contributed by atoms with E-state index in [4.69, 9.17) is 25.7 Å². The minimum absolute atomic E-state index is 0.116. The predicted molar refractivity (Wildman–Crippen MR) is 100 cm³/mol. The second-order valence-electron chi connectivity index (χ2n) is 4.76. The van der Waals surface area contributed by atoms with E-state index in [-0.39, 0.29) is 5.96 Å². The highest BCUT2D eigenvalue weighted by Gasteiger charge is 2.12. The van der Waals surface area contributed by atoms with Gasteiger partial charge in [-0.05, 0) is 30.3 Å². The Bertz CT molecular complexity index is 789. The van der Waals surface area contributed by atoms with Gasteiger partial charge in [0.2, 0.25) is 5.96 Å². The Kier molecular flexibility index (Phi) is 6.53. The Hall–Kier alpha value is -2.87. The van der Waals surface area contributed by atoms with Crippen molar-refractivity contribution in [3.8, 4) is 17.2 Å². The van der Waals surface area contributed by atoms with Gasteiger partial charge < -0.3 is 25.7 Å². The molecule has 4 N–H and O–H groups in total. The quantitative estimate of drug-likeness (QED) is 0.446. The van der Waals surface area contributed by atoms with Crippen LogP contribution in [-0.4, -0.2) is 33.5 Å². The molecule has 7 nitrogen and oxygen atoms in total. The fraction of sp³-hybridized carbons (Fsp3) is 0.176. The SMILES string of the molecule is COc1ccc(OC)c(Sc2cccc(OC)c2/C=N/N=C(N)N)c1. The predicted octanol–water partition coefficient (Wildman–Crippen LogP) is 2.47. The number of nitrogens with two attached hydrogens (primary N) is 2. The lowest BCUT2D eigenvalue weighted by Crippen LogP contribution is -2.21. The molecule has 0 radical (unpaired) electrons.